The minimum absolute atomic E-state index is 0.0367. The molecule has 0 saturated carbocycles. The maximum absolute atomic E-state index is 11.8. The van der Waals surface area contributed by atoms with E-state index < -0.39 is 0 Å². The van der Waals surface area contributed by atoms with Gasteiger partial charge in [0.15, 0.2) is 10.8 Å². The molecule has 0 amide bonds. The molecular weight excluding hydrogens is 404 g/mol. The van der Waals surface area contributed by atoms with E-state index >= 15 is 0 Å². The Morgan fingerprint density at radius 1 is 1.36 bits per heavy atom. The highest BCUT2D eigenvalue weighted by molar-refractivity contribution is 9.10. The van der Waals surface area contributed by atoms with Crippen LogP contribution in [0.15, 0.2) is 28.7 Å². The predicted molar refractivity (Wildman–Crippen MR) is 100 cm³/mol. The number of hydrogen-bond donors (Lipinski definition) is 0. The van der Waals surface area contributed by atoms with Gasteiger partial charge in [0.05, 0.1) is 16.8 Å². The molecule has 0 fully saturated rings. The normalized spacial score (nSPS) is 10.9. The van der Waals surface area contributed by atoms with Gasteiger partial charge in [0.25, 0.3) is 0 Å². The number of carbonyl (C=O) groups excluding carboxylic acids is 1. The van der Waals surface area contributed by atoms with Gasteiger partial charge in [0, 0.05) is 5.56 Å². The smallest absolute Gasteiger partial charge is 0.327 e. The summed E-state index contributed by atoms with van der Waals surface area (Å²) in [5, 5.41) is 5.11. The first-order valence-corrected chi connectivity index (χ1v) is 9.36. The molecule has 0 radical (unpaired) electrons. The van der Waals surface area contributed by atoms with Crippen LogP contribution in [0.3, 0.4) is 0 Å². The first-order chi connectivity index (χ1) is 12.0. The SMILES string of the molecule is CCOC(=O)Cn1nc(C)c(Br)c1-c1nc(-c2cccc(C)c2)ns1. The van der Waals surface area contributed by atoms with Gasteiger partial charge in [-0.15, -0.1) is 0 Å². The Labute approximate surface area is 158 Å². The molecule has 0 atom stereocenters. The molecule has 1 aromatic carbocycles. The van der Waals surface area contributed by atoms with Crippen molar-refractivity contribution in [1.82, 2.24) is 19.1 Å². The molecule has 3 rings (SSSR count). The fourth-order valence-electron chi connectivity index (χ4n) is 2.43. The second kappa shape index (κ2) is 7.45. The van der Waals surface area contributed by atoms with Crippen molar-refractivity contribution in [3.8, 4) is 22.1 Å². The maximum atomic E-state index is 11.8. The zero-order valence-corrected chi connectivity index (χ0v) is 16.5. The summed E-state index contributed by atoms with van der Waals surface area (Å²) >= 11 is 4.83. The van der Waals surface area contributed by atoms with E-state index in [1.54, 1.807) is 11.6 Å². The molecule has 0 unspecified atom stereocenters. The molecule has 0 aliphatic rings. The van der Waals surface area contributed by atoms with Crippen molar-refractivity contribution in [3.63, 3.8) is 0 Å². The van der Waals surface area contributed by atoms with Crippen molar-refractivity contribution in [2.75, 3.05) is 6.61 Å². The van der Waals surface area contributed by atoms with Gasteiger partial charge in [-0.2, -0.15) is 9.47 Å². The van der Waals surface area contributed by atoms with E-state index in [9.17, 15) is 4.79 Å². The van der Waals surface area contributed by atoms with Gasteiger partial charge in [-0.25, -0.2) is 9.67 Å². The predicted octanol–water partition coefficient (Wildman–Crippen LogP) is 4.01. The van der Waals surface area contributed by atoms with Crippen molar-refractivity contribution in [2.45, 2.75) is 27.3 Å². The van der Waals surface area contributed by atoms with E-state index in [1.165, 1.54) is 11.5 Å². The standard InChI is InChI=1S/C17H17BrN4O2S/c1-4-24-13(23)9-22-15(14(18)11(3)20-22)17-19-16(21-25-17)12-7-5-6-10(2)8-12/h5-8H,4,9H2,1-3H3. The number of esters is 1. The number of hydrogen-bond acceptors (Lipinski definition) is 6. The fraction of sp³-hybridized carbons (Fsp3) is 0.294. The van der Waals surface area contributed by atoms with E-state index in [1.807, 2.05) is 38.1 Å². The summed E-state index contributed by atoms with van der Waals surface area (Å²) in [5.74, 6) is 0.333. The lowest BCUT2D eigenvalue weighted by molar-refractivity contribution is -0.144. The van der Waals surface area contributed by atoms with Crippen LogP contribution in [0.5, 0.6) is 0 Å². The summed E-state index contributed by atoms with van der Waals surface area (Å²) in [4.78, 5) is 16.5. The number of aromatic nitrogens is 4. The van der Waals surface area contributed by atoms with E-state index in [0.29, 0.717) is 17.4 Å². The van der Waals surface area contributed by atoms with Gasteiger partial charge in [-0.05, 0) is 54.3 Å². The maximum Gasteiger partial charge on any atom is 0.327 e. The third kappa shape index (κ3) is 3.80. The molecule has 6 nitrogen and oxygen atoms in total. The number of aryl methyl sites for hydroxylation is 2. The van der Waals surface area contributed by atoms with Crippen LogP contribution in [0.4, 0.5) is 0 Å². The Kier molecular flexibility index (Phi) is 5.29. The number of ether oxygens (including phenoxy) is 1. The van der Waals surface area contributed by atoms with Crippen molar-refractivity contribution in [3.05, 3.63) is 40.0 Å². The lowest BCUT2D eigenvalue weighted by Gasteiger charge is -2.05. The van der Waals surface area contributed by atoms with E-state index in [-0.39, 0.29) is 12.5 Å². The molecule has 0 spiro atoms. The van der Waals surface area contributed by atoms with Crippen LogP contribution >= 0.6 is 27.5 Å². The zero-order valence-electron chi connectivity index (χ0n) is 14.1. The second-order valence-electron chi connectivity index (χ2n) is 5.50. The first kappa shape index (κ1) is 17.8. The molecule has 0 saturated heterocycles. The molecule has 130 valence electrons. The van der Waals surface area contributed by atoms with Gasteiger partial charge in [-0.1, -0.05) is 23.8 Å². The van der Waals surface area contributed by atoms with Gasteiger partial charge in [-0.3, -0.25) is 4.79 Å². The number of benzene rings is 1. The Morgan fingerprint density at radius 3 is 2.88 bits per heavy atom. The minimum Gasteiger partial charge on any atom is -0.465 e. The van der Waals surface area contributed by atoms with Gasteiger partial charge in [0.1, 0.15) is 12.2 Å². The molecule has 2 heterocycles. The largest absolute Gasteiger partial charge is 0.465 e. The van der Waals surface area contributed by atoms with Crippen LogP contribution in [0.2, 0.25) is 0 Å². The topological polar surface area (TPSA) is 69.9 Å². The van der Waals surface area contributed by atoms with Crippen molar-refractivity contribution in [1.29, 1.82) is 0 Å². The summed E-state index contributed by atoms with van der Waals surface area (Å²) in [6.45, 7) is 6.06. The lowest BCUT2D eigenvalue weighted by atomic mass is 10.1. The number of carbonyl (C=O) groups is 1. The molecule has 0 aliphatic carbocycles. The Balaban J connectivity index is 1.98. The van der Waals surface area contributed by atoms with E-state index in [2.05, 4.69) is 30.4 Å². The van der Waals surface area contributed by atoms with Crippen LogP contribution in [0, 0.1) is 13.8 Å². The second-order valence-corrected chi connectivity index (χ2v) is 7.05. The Bertz CT molecular complexity index is 919. The molecular formula is C17H17BrN4O2S. The third-order valence-electron chi connectivity index (χ3n) is 3.54. The summed E-state index contributed by atoms with van der Waals surface area (Å²) in [7, 11) is 0. The highest BCUT2D eigenvalue weighted by Gasteiger charge is 2.21. The third-order valence-corrected chi connectivity index (χ3v) is 5.21. The van der Waals surface area contributed by atoms with Gasteiger partial charge in [0.2, 0.25) is 0 Å². The number of halogens is 1. The average molecular weight is 421 g/mol. The molecule has 0 bridgehead atoms. The summed E-state index contributed by atoms with van der Waals surface area (Å²) in [6.07, 6.45) is 0. The van der Waals surface area contributed by atoms with Gasteiger partial charge >= 0.3 is 5.97 Å². The van der Waals surface area contributed by atoms with Crippen molar-refractivity contribution in [2.24, 2.45) is 0 Å². The molecule has 0 N–H and O–H groups in total. The Hall–Kier alpha value is -2.06. The highest BCUT2D eigenvalue weighted by Crippen LogP contribution is 2.33. The molecule has 2 aromatic heterocycles. The van der Waals surface area contributed by atoms with Crippen LogP contribution < -0.4 is 0 Å². The van der Waals surface area contributed by atoms with Crippen molar-refractivity contribution < 1.29 is 9.53 Å². The average Bonchev–Trinajstić information content (AvgIpc) is 3.13. The van der Waals surface area contributed by atoms with E-state index in [4.69, 9.17) is 4.74 Å². The molecule has 25 heavy (non-hydrogen) atoms. The molecule has 3 aromatic rings. The number of rotatable bonds is 5. The van der Waals surface area contributed by atoms with Crippen LogP contribution in [-0.2, 0) is 16.1 Å². The number of nitrogens with zero attached hydrogens (tertiary/aromatic N) is 4. The first-order valence-electron chi connectivity index (χ1n) is 7.79. The van der Waals surface area contributed by atoms with E-state index in [0.717, 1.165) is 27.0 Å². The van der Waals surface area contributed by atoms with Crippen LogP contribution in [0.25, 0.3) is 22.1 Å². The van der Waals surface area contributed by atoms with Crippen LogP contribution in [-0.4, -0.2) is 31.7 Å². The molecule has 8 heteroatoms. The quantitative estimate of drug-likeness (QED) is 0.583. The lowest BCUT2D eigenvalue weighted by Crippen LogP contribution is -2.15. The fourth-order valence-corrected chi connectivity index (χ4v) is 3.77. The van der Waals surface area contributed by atoms with Gasteiger partial charge < -0.3 is 4.74 Å². The van der Waals surface area contributed by atoms with Crippen LogP contribution in [0.1, 0.15) is 18.2 Å². The summed E-state index contributed by atoms with van der Waals surface area (Å²) < 4.78 is 11.9. The van der Waals surface area contributed by atoms with Crippen molar-refractivity contribution >= 4 is 33.4 Å². The summed E-state index contributed by atoms with van der Waals surface area (Å²) in [5.41, 5.74) is 3.64. The summed E-state index contributed by atoms with van der Waals surface area (Å²) in [6, 6.07) is 8.04. The molecule has 0 aliphatic heterocycles. The zero-order chi connectivity index (χ0) is 18.0. The highest BCUT2D eigenvalue weighted by atomic mass is 79.9. The minimum atomic E-state index is -0.331. The monoisotopic (exact) mass is 420 g/mol. The Morgan fingerprint density at radius 2 is 2.16 bits per heavy atom.